The normalized spacial score (nSPS) is 9.78. The molecule has 0 atom stereocenters. The van der Waals surface area contributed by atoms with Crippen molar-refractivity contribution in [2.45, 2.75) is 0 Å². The molecule has 1 aromatic rings. The van der Waals surface area contributed by atoms with Crippen LogP contribution in [0.25, 0.3) is 0 Å². The summed E-state index contributed by atoms with van der Waals surface area (Å²) in [6.45, 7) is 0. The van der Waals surface area contributed by atoms with Gasteiger partial charge in [0.1, 0.15) is 11.3 Å². The Kier molecular flexibility index (Phi) is 3.27. The van der Waals surface area contributed by atoms with E-state index >= 15 is 0 Å². The number of rotatable bonds is 4. The van der Waals surface area contributed by atoms with Crippen LogP contribution in [0, 0.1) is 0 Å². The van der Waals surface area contributed by atoms with Gasteiger partial charge in [0.2, 0.25) is 0 Å². The Hall–Kier alpha value is -2.97. The molecule has 0 bridgehead atoms. The van der Waals surface area contributed by atoms with Crippen LogP contribution in [0.2, 0.25) is 0 Å². The predicted molar refractivity (Wildman–Crippen MR) is 52.1 cm³/mol. The highest BCUT2D eigenvalue weighted by Crippen LogP contribution is 2.16. The summed E-state index contributed by atoms with van der Waals surface area (Å²) >= 11 is 0. The molecule has 0 aliphatic rings. The molecule has 18 heavy (non-hydrogen) atoms. The van der Waals surface area contributed by atoms with Gasteiger partial charge in [-0.3, -0.25) is 0 Å². The monoisotopic (exact) mass is 255 g/mol. The third-order valence-electron chi connectivity index (χ3n) is 1.89. The van der Waals surface area contributed by atoms with Crippen LogP contribution < -0.4 is 0 Å². The zero-order valence-corrected chi connectivity index (χ0v) is 8.45. The van der Waals surface area contributed by atoms with E-state index in [-0.39, 0.29) is 0 Å². The zero-order valence-electron chi connectivity index (χ0n) is 8.45. The second kappa shape index (κ2) is 4.49. The van der Waals surface area contributed by atoms with E-state index in [0.717, 1.165) is 0 Å². The van der Waals surface area contributed by atoms with Gasteiger partial charge in [0.15, 0.2) is 5.69 Å². The van der Waals surface area contributed by atoms with Crippen molar-refractivity contribution in [3.63, 3.8) is 0 Å². The van der Waals surface area contributed by atoms with E-state index in [1.54, 1.807) is 0 Å². The first-order valence-corrected chi connectivity index (χ1v) is 4.24. The van der Waals surface area contributed by atoms with Gasteiger partial charge in [0.05, 0.1) is 5.56 Å². The van der Waals surface area contributed by atoms with E-state index in [2.05, 4.69) is 4.98 Å². The Bertz CT molecular complexity index is 541. The van der Waals surface area contributed by atoms with E-state index < -0.39 is 46.4 Å². The van der Waals surface area contributed by atoms with Crippen LogP contribution in [-0.4, -0.2) is 49.3 Å². The molecular weight excluding hydrogens is 250 g/mol. The van der Waals surface area contributed by atoms with Crippen molar-refractivity contribution in [2.75, 3.05) is 0 Å². The first-order valence-electron chi connectivity index (χ1n) is 4.24. The lowest BCUT2D eigenvalue weighted by Gasteiger charge is -2.06. The lowest BCUT2D eigenvalue weighted by molar-refractivity contribution is 0.0625. The molecule has 0 amide bonds. The number of aromatic nitrogens is 1. The van der Waals surface area contributed by atoms with Crippen LogP contribution in [0.5, 0.6) is 0 Å². The lowest BCUT2D eigenvalue weighted by atomic mass is 10.0. The molecule has 0 spiro atoms. The number of hydrogen-bond donors (Lipinski definition) is 4. The molecule has 0 saturated carbocycles. The van der Waals surface area contributed by atoms with Crippen LogP contribution in [0.4, 0.5) is 0 Å². The van der Waals surface area contributed by atoms with Crippen molar-refractivity contribution in [3.8, 4) is 0 Å². The van der Waals surface area contributed by atoms with Gasteiger partial charge in [-0.1, -0.05) is 0 Å². The quantitative estimate of drug-likeness (QED) is 0.573. The summed E-state index contributed by atoms with van der Waals surface area (Å²) in [4.78, 5) is 46.1. The smallest absolute Gasteiger partial charge is 0.355 e. The Morgan fingerprint density at radius 2 is 1.39 bits per heavy atom. The molecule has 0 unspecified atom stereocenters. The van der Waals surface area contributed by atoms with Gasteiger partial charge in [-0.05, 0) is 6.07 Å². The average molecular weight is 255 g/mol. The molecule has 0 aromatic carbocycles. The number of nitrogens with zero attached hydrogens (tertiary/aromatic N) is 1. The molecule has 0 radical (unpaired) electrons. The van der Waals surface area contributed by atoms with Gasteiger partial charge in [-0.15, -0.1) is 0 Å². The Labute approximate surface area is 97.9 Å². The minimum absolute atomic E-state index is 0.487. The number of carboxylic acids is 4. The third-order valence-corrected chi connectivity index (χ3v) is 1.89. The average Bonchev–Trinajstić information content (AvgIpc) is 2.26. The summed E-state index contributed by atoms with van der Waals surface area (Å²) in [5.74, 6) is -7.09. The maximum absolute atomic E-state index is 10.8. The van der Waals surface area contributed by atoms with E-state index in [1.807, 2.05) is 0 Å². The van der Waals surface area contributed by atoms with E-state index in [1.165, 1.54) is 0 Å². The molecule has 4 N–H and O–H groups in total. The summed E-state index contributed by atoms with van der Waals surface area (Å²) in [6.07, 6.45) is 0. The number of hydrogen-bond acceptors (Lipinski definition) is 5. The van der Waals surface area contributed by atoms with Gasteiger partial charge in [-0.2, -0.15) is 0 Å². The highest BCUT2D eigenvalue weighted by molar-refractivity contribution is 6.09. The van der Waals surface area contributed by atoms with Crippen LogP contribution in [0.3, 0.4) is 0 Å². The molecule has 0 saturated heterocycles. The standard InChI is InChI=1S/C9H5NO8/c11-6(12)2-1-3(7(13)14)10-5(9(17)18)4(2)8(15)16/h1H,(H,11,12)(H,13,14)(H,15,16)(H,17,18). The fraction of sp³-hybridized carbons (Fsp3) is 0. The SMILES string of the molecule is O=C(O)c1cc(C(=O)O)c(C(=O)O)c(C(=O)O)n1. The topological polar surface area (TPSA) is 162 Å². The molecular formula is C9H5NO8. The summed E-state index contributed by atoms with van der Waals surface area (Å²) in [5, 5.41) is 34.9. The second-order valence-electron chi connectivity index (χ2n) is 3.00. The first-order chi connectivity index (χ1) is 8.25. The summed E-state index contributed by atoms with van der Waals surface area (Å²) in [6, 6.07) is 0.487. The third kappa shape index (κ3) is 2.24. The molecule has 1 aromatic heterocycles. The van der Waals surface area contributed by atoms with Gasteiger partial charge < -0.3 is 20.4 Å². The highest BCUT2D eigenvalue weighted by Gasteiger charge is 2.28. The first kappa shape index (κ1) is 13.1. The molecule has 0 aliphatic heterocycles. The van der Waals surface area contributed by atoms with Crippen LogP contribution in [0.1, 0.15) is 41.7 Å². The maximum atomic E-state index is 10.8. The zero-order chi connectivity index (χ0) is 14.0. The predicted octanol–water partition coefficient (Wildman–Crippen LogP) is -0.126. The van der Waals surface area contributed by atoms with Crippen molar-refractivity contribution in [1.82, 2.24) is 4.98 Å². The summed E-state index contributed by atoms with van der Waals surface area (Å²) < 4.78 is 0. The van der Waals surface area contributed by atoms with Crippen molar-refractivity contribution < 1.29 is 39.6 Å². The van der Waals surface area contributed by atoms with E-state index in [4.69, 9.17) is 20.4 Å². The summed E-state index contributed by atoms with van der Waals surface area (Å²) in [7, 11) is 0. The number of carboxylic acid groups (broad SMARTS) is 4. The van der Waals surface area contributed by atoms with Crippen molar-refractivity contribution >= 4 is 23.9 Å². The molecule has 9 nitrogen and oxygen atoms in total. The minimum atomic E-state index is -1.84. The van der Waals surface area contributed by atoms with Gasteiger partial charge in [0.25, 0.3) is 0 Å². The molecule has 0 fully saturated rings. The van der Waals surface area contributed by atoms with Gasteiger partial charge in [-0.25, -0.2) is 24.2 Å². The molecule has 9 heteroatoms. The van der Waals surface area contributed by atoms with Crippen molar-refractivity contribution in [2.24, 2.45) is 0 Å². The van der Waals surface area contributed by atoms with Gasteiger partial charge >= 0.3 is 23.9 Å². The van der Waals surface area contributed by atoms with Crippen molar-refractivity contribution in [3.05, 3.63) is 28.6 Å². The van der Waals surface area contributed by atoms with Crippen LogP contribution in [0.15, 0.2) is 6.07 Å². The van der Waals surface area contributed by atoms with E-state index in [0.29, 0.717) is 6.07 Å². The Morgan fingerprint density at radius 1 is 0.833 bits per heavy atom. The fourth-order valence-corrected chi connectivity index (χ4v) is 1.19. The largest absolute Gasteiger partial charge is 0.478 e. The molecule has 94 valence electrons. The van der Waals surface area contributed by atoms with E-state index in [9.17, 15) is 19.2 Å². The number of carbonyl (C=O) groups is 4. The molecule has 0 aliphatic carbocycles. The lowest BCUT2D eigenvalue weighted by Crippen LogP contribution is -2.19. The van der Waals surface area contributed by atoms with Gasteiger partial charge in [0, 0.05) is 0 Å². The number of aromatic carboxylic acids is 4. The Balaban J connectivity index is 3.76. The maximum Gasteiger partial charge on any atom is 0.355 e. The summed E-state index contributed by atoms with van der Waals surface area (Å²) in [5.41, 5.74) is -4.03. The van der Waals surface area contributed by atoms with Crippen LogP contribution in [-0.2, 0) is 0 Å². The number of pyridine rings is 1. The highest BCUT2D eigenvalue weighted by atomic mass is 16.4. The fourth-order valence-electron chi connectivity index (χ4n) is 1.19. The minimum Gasteiger partial charge on any atom is -0.478 e. The van der Waals surface area contributed by atoms with Crippen molar-refractivity contribution in [1.29, 1.82) is 0 Å². The van der Waals surface area contributed by atoms with Crippen LogP contribution >= 0.6 is 0 Å². The second-order valence-corrected chi connectivity index (χ2v) is 3.00. The molecule has 1 heterocycles. The Morgan fingerprint density at radius 3 is 1.72 bits per heavy atom. The molecule has 1 rings (SSSR count).